The smallest absolute Gasteiger partial charge is 0.0991 e. The van der Waals surface area contributed by atoms with Crippen molar-refractivity contribution in [2.45, 2.75) is 12.8 Å². The van der Waals surface area contributed by atoms with Crippen LogP contribution in [0.25, 0.3) is 0 Å². The number of rotatable bonds is 2. The van der Waals surface area contributed by atoms with Gasteiger partial charge in [-0.05, 0) is 35.4 Å². The summed E-state index contributed by atoms with van der Waals surface area (Å²) in [7, 11) is 0. The first-order valence-corrected chi connectivity index (χ1v) is 5.74. The summed E-state index contributed by atoms with van der Waals surface area (Å²) in [6, 6.07) is 19.4. The van der Waals surface area contributed by atoms with Gasteiger partial charge in [-0.1, -0.05) is 31.2 Å². The van der Waals surface area contributed by atoms with E-state index in [4.69, 9.17) is 10.5 Å². The highest BCUT2D eigenvalue weighted by molar-refractivity contribution is 5.40. The molecule has 1 unspecified atom stereocenters. The fourth-order valence-electron chi connectivity index (χ4n) is 1.92. The van der Waals surface area contributed by atoms with Crippen molar-refractivity contribution < 1.29 is 0 Å². The van der Waals surface area contributed by atoms with E-state index in [-0.39, 0.29) is 5.92 Å². The van der Waals surface area contributed by atoms with Gasteiger partial charge in [0.1, 0.15) is 0 Å². The Morgan fingerprint density at radius 1 is 0.833 bits per heavy atom. The molecule has 0 bridgehead atoms. The second kappa shape index (κ2) is 5.17. The highest BCUT2D eigenvalue weighted by Gasteiger charge is 2.08. The monoisotopic (exact) mass is 232 g/mol. The minimum Gasteiger partial charge on any atom is -0.192 e. The molecular weight excluding hydrogens is 220 g/mol. The average Bonchev–Trinajstić information content (AvgIpc) is 2.46. The topological polar surface area (TPSA) is 47.6 Å². The Morgan fingerprint density at radius 2 is 1.50 bits per heavy atom. The maximum Gasteiger partial charge on any atom is 0.0991 e. The average molecular weight is 232 g/mol. The Bertz CT molecular complexity index is 627. The van der Waals surface area contributed by atoms with Crippen LogP contribution in [0.15, 0.2) is 48.5 Å². The van der Waals surface area contributed by atoms with Crippen molar-refractivity contribution in [3.8, 4) is 12.1 Å². The van der Waals surface area contributed by atoms with Gasteiger partial charge in [0.2, 0.25) is 0 Å². The molecule has 2 nitrogen and oxygen atoms in total. The minimum atomic E-state index is 0.214. The van der Waals surface area contributed by atoms with Gasteiger partial charge in [0.15, 0.2) is 0 Å². The quantitative estimate of drug-likeness (QED) is 0.794. The maximum absolute atomic E-state index is 8.90. The van der Waals surface area contributed by atoms with Crippen LogP contribution in [-0.4, -0.2) is 0 Å². The molecule has 0 spiro atoms. The summed E-state index contributed by atoms with van der Waals surface area (Å²) in [4.78, 5) is 0. The molecule has 0 aliphatic carbocycles. The van der Waals surface area contributed by atoms with Crippen LogP contribution in [0.2, 0.25) is 0 Å². The maximum atomic E-state index is 8.90. The summed E-state index contributed by atoms with van der Waals surface area (Å²) < 4.78 is 0. The predicted molar refractivity (Wildman–Crippen MR) is 69.8 cm³/mol. The molecule has 0 aliphatic rings. The summed E-state index contributed by atoms with van der Waals surface area (Å²) in [6.07, 6.45) is 0. The van der Waals surface area contributed by atoms with Crippen molar-refractivity contribution in [2.24, 2.45) is 0 Å². The molecule has 0 fully saturated rings. The molecule has 0 N–H and O–H groups in total. The zero-order chi connectivity index (χ0) is 13.0. The Balaban J connectivity index is 2.32. The summed E-state index contributed by atoms with van der Waals surface area (Å²) in [5.74, 6) is 0.214. The molecule has 86 valence electrons. The second-order valence-corrected chi connectivity index (χ2v) is 4.19. The van der Waals surface area contributed by atoms with E-state index < -0.39 is 0 Å². The lowest BCUT2D eigenvalue weighted by atomic mass is 9.92. The van der Waals surface area contributed by atoms with E-state index in [2.05, 4.69) is 19.1 Å². The molecule has 0 heterocycles. The Kier molecular flexibility index (Phi) is 3.41. The van der Waals surface area contributed by atoms with E-state index in [9.17, 15) is 0 Å². The van der Waals surface area contributed by atoms with Crippen molar-refractivity contribution in [2.75, 3.05) is 0 Å². The lowest BCUT2D eigenvalue weighted by Gasteiger charge is -2.12. The van der Waals surface area contributed by atoms with Crippen molar-refractivity contribution in [3.05, 3.63) is 70.8 Å². The molecule has 2 aromatic carbocycles. The summed E-state index contributed by atoms with van der Waals surface area (Å²) in [5, 5.41) is 17.7. The molecule has 18 heavy (non-hydrogen) atoms. The van der Waals surface area contributed by atoms with Crippen LogP contribution in [0.4, 0.5) is 0 Å². The van der Waals surface area contributed by atoms with Gasteiger partial charge in [-0.2, -0.15) is 10.5 Å². The molecule has 2 heteroatoms. The minimum absolute atomic E-state index is 0.214. The first-order chi connectivity index (χ1) is 8.74. The molecule has 0 saturated heterocycles. The van der Waals surface area contributed by atoms with Gasteiger partial charge in [0, 0.05) is 5.92 Å². The Morgan fingerprint density at radius 3 is 2.11 bits per heavy atom. The van der Waals surface area contributed by atoms with Crippen molar-refractivity contribution >= 4 is 0 Å². The Hall–Kier alpha value is -2.58. The standard InChI is InChI=1S/C16H12N2/c1-12(15-7-5-13(10-17)6-8-15)16-4-2-3-14(9-16)11-18/h2-9,12H,1H3. The zero-order valence-electron chi connectivity index (χ0n) is 10.1. The summed E-state index contributed by atoms with van der Waals surface area (Å²) >= 11 is 0. The fourth-order valence-corrected chi connectivity index (χ4v) is 1.92. The van der Waals surface area contributed by atoms with Crippen LogP contribution in [0, 0.1) is 22.7 Å². The van der Waals surface area contributed by atoms with Crippen LogP contribution < -0.4 is 0 Å². The number of hydrogen-bond acceptors (Lipinski definition) is 2. The first-order valence-electron chi connectivity index (χ1n) is 5.74. The van der Waals surface area contributed by atoms with Gasteiger partial charge in [-0.3, -0.25) is 0 Å². The molecule has 2 rings (SSSR count). The van der Waals surface area contributed by atoms with Crippen molar-refractivity contribution in [1.29, 1.82) is 10.5 Å². The van der Waals surface area contributed by atoms with E-state index in [1.165, 1.54) is 0 Å². The molecule has 0 aliphatic heterocycles. The molecule has 0 aromatic heterocycles. The third-order valence-corrected chi connectivity index (χ3v) is 3.06. The second-order valence-electron chi connectivity index (χ2n) is 4.19. The number of hydrogen-bond donors (Lipinski definition) is 0. The van der Waals surface area contributed by atoms with E-state index in [0.717, 1.165) is 11.1 Å². The van der Waals surface area contributed by atoms with E-state index in [1.807, 2.05) is 42.5 Å². The van der Waals surface area contributed by atoms with Crippen LogP contribution >= 0.6 is 0 Å². The van der Waals surface area contributed by atoms with Crippen molar-refractivity contribution in [1.82, 2.24) is 0 Å². The number of nitrogens with zero attached hydrogens (tertiary/aromatic N) is 2. The van der Waals surface area contributed by atoms with Crippen LogP contribution in [-0.2, 0) is 0 Å². The lowest BCUT2D eigenvalue weighted by molar-refractivity contribution is 0.921. The van der Waals surface area contributed by atoms with Gasteiger partial charge >= 0.3 is 0 Å². The molecule has 1 atom stereocenters. The molecule has 0 saturated carbocycles. The lowest BCUT2D eigenvalue weighted by Crippen LogP contribution is -1.96. The van der Waals surface area contributed by atoms with E-state index >= 15 is 0 Å². The Labute approximate surface area is 107 Å². The highest BCUT2D eigenvalue weighted by atomic mass is 14.2. The van der Waals surface area contributed by atoms with Gasteiger partial charge in [0.05, 0.1) is 23.3 Å². The predicted octanol–water partition coefficient (Wildman–Crippen LogP) is 3.58. The fraction of sp³-hybridized carbons (Fsp3) is 0.125. The van der Waals surface area contributed by atoms with Gasteiger partial charge < -0.3 is 0 Å². The first kappa shape index (κ1) is 11.9. The molecule has 2 aromatic rings. The van der Waals surface area contributed by atoms with Crippen molar-refractivity contribution in [3.63, 3.8) is 0 Å². The number of benzene rings is 2. The van der Waals surface area contributed by atoms with Gasteiger partial charge in [-0.15, -0.1) is 0 Å². The normalized spacial score (nSPS) is 11.3. The van der Waals surface area contributed by atoms with Gasteiger partial charge in [0.25, 0.3) is 0 Å². The van der Waals surface area contributed by atoms with Crippen LogP contribution in [0.1, 0.15) is 35.1 Å². The zero-order valence-corrected chi connectivity index (χ0v) is 10.1. The van der Waals surface area contributed by atoms with E-state index in [1.54, 1.807) is 6.07 Å². The summed E-state index contributed by atoms with van der Waals surface area (Å²) in [6.45, 7) is 2.10. The van der Waals surface area contributed by atoms with E-state index in [0.29, 0.717) is 11.1 Å². The van der Waals surface area contributed by atoms with Crippen LogP contribution in [0.3, 0.4) is 0 Å². The highest BCUT2D eigenvalue weighted by Crippen LogP contribution is 2.24. The summed E-state index contributed by atoms with van der Waals surface area (Å²) in [5.41, 5.74) is 3.59. The molecular formula is C16H12N2. The van der Waals surface area contributed by atoms with Crippen LogP contribution in [0.5, 0.6) is 0 Å². The third-order valence-electron chi connectivity index (χ3n) is 3.06. The SMILES string of the molecule is CC(c1ccc(C#N)cc1)c1cccc(C#N)c1. The molecule has 0 radical (unpaired) electrons. The largest absolute Gasteiger partial charge is 0.192 e. The number of nitriles is 2. The molecule has 0 amide bonds. The third kappa shape index (κ3) is 2.39. The van der Waals surface area contributed by atoms with Gasteiger partial charge in [-0.25, -0.2) is 0 Å².